The third-order valence-corrected chi connectivity index (χ3v) is 2.55. The van der Waals surface area contributed by atoms with Crippen molar-refractivity contribution in [3.05, 3.63) is 48.3 Å². The molecule has 0 spiro atoms. The van der Waals surface area contributed by atoms with Crippen molar-refractivity contribution in [1.82, 2.24) is 9.97 Å². The number of carbonyl (C=O) groups is 1. The van der Waals surface area contributed by atoms with Crippen LogP contribution in [-0.4, -0.2) is 21.0 Å². The fourth-order valence-electron chi connectivity index (χ4n) is 1.69. The highest BCUT2D eigenvalue weighted by Crippen LogP contribution is 2.20. The molecule has 2 aromatic rings. The van der Waals surface area contributed by atoms with Gasteiger partial charge >= 0.3 is 5.97 Å². The van der Waals surface area contributed by atoms with Crippen LogP contribution in [0, 0.1) is 0 Å². The minimum atomic E-state index is -0.978. The first-order valence-electron chi connectivity index (χ1n) is 5.18. The van der Waals surface area contributed by atoms with Gasteiger partial charge in [0.15, 0.2) is 0 Å². The van der Waals surface area contributed by atoms with Crippen LogP contribution >= 0.6 is 0 Å². The molecule has 0 saturated carbocycles. The molecule has 0 radical (unpaired) electrons. The van der Waals surface area contributed by atoms with Gasteiger partial charge in [0.25, 0.3) is 0 Å². The van der Waals surface area contributed by atoms with Crippen molar-refractivity contribution >= 4 is 22.6 Å². The van der Waals surface area contributed by atoms with Crippen LogP contribution in [0.15, 0.2) is 36.9 Å². The summed E-state index contributed by atoms with van der Waals surface area (Å²) in [6.45, 7) is 5.57. The fraction of sp³-hybridized carbons (Fsp3) is 0.0769. The molecule has 2 N–H and O–H groups in total. The molecular weight excluding hydrogens is 216 g/mol. The Balaban J connectivity index is 2.69. The van der Waals surface area contributed by atoms with Gasteiger partial charge in [0, 0.05) is 5.57 Å². The first-order valence-corrected chi connectivity index (χ1v) is 5.18. The highest BCUT2D eigenvalue weighted by atomic mass is 16.4. The molecule has 0 amide bonds. The minimum Gasteiger partial charge on any atom is -0.478 e. The number of imidazole rings is 1. The fourth-order valence-corrected chi connectivity index (χ4v) is 1.69. The summed E-state index contributed by atoms with van der Waals surface area (Å²) < 4.78 is 0. The smallest absolute Gasteiger partial charge is 0.337 e. The van der Waals surface area contributed by atoms with Gasteiger partial charge in [0.05, 0.1) is 11.1 Å². The van der Waals surface area contributed by atoms with E-state index in [0.717, 1.165) is 5.57 Å². The van der Waals surface area contributed by atoms with E-state index in [1.807, 2.05) is 13.0 Å². The van der Waals surface area contributed by atoms with Gasteiger partial charge < -0.3 is 10.1 Å². The summed E-state index contributed by atoms with van der Waals surface area (Å²) in [4.78, 5) is 18.4. The van der Waals surface area contributed by atoms with Crippen molar-refractivity contribution in [1.29, 1.82) is 0 Å². The van der Waals surface area contributed by atoms with Gasteiger partial charge in [-0.15, -0.1) is 0 Å². The molecule has 17 heavy (non-hydrogen) atoms. The van der Waals surface area contributed by atoms with Crippen LogP contribution in [0.1, 0.15) is 23.1 Å². The second kappa shape index (κ2) is 4.25. The summed E-state index contributed by atoms with van der Waals surface area (Å²) in [7, 11) is 0. The molecule has 0 bridgehead atoms. The molecule has 86 valence electrons. The Morgan fingerprint density at radius 3 is 2.88 bits per heavy atom. The van der Waals surface area contributed by atoms with Crippen molar-refractivity contribution in [3.63, 3.8) is 0 Å². The molecule has 0 aliphatic rings. The molecule has 0 unspecified atom stereocenters. The first-order chi connectivity index (χ1) is 8.17. The number of benzene rings is 1. The number of fused-ring (bicyclic) bond motifs is 1. The maximum atomic E-state index is 11.0. The molecule has 0 atom stereocenters. The Morgan fingerprint density at radius 1 is 1.53 bits per heavy atom. The highest BCUT2D eigenvalue weighted by Gasteiger charge is 2.12. The molecule has 0 fully saturated rings. The zero-order valence-corrected chi connectivity index (χ0v) is 9.40. The summed E-state index contributed by atoms with van der Waals surface area (Å²) >= 11 is 0. The topological polar surface area (TPSA) is 66.0 Å². The number of carboxylic acid groups (broad SMARTS) is 1. The number of rotatable bonds is 3. The van der Waals surface area contributed by atoms with E-state index in [1.54, 1.807) is 24.3 Å². The number of aromatic carboxylic acids is 1. The molecule has 1 aromatic carbocycles. The molecular formula is C13H12N2O2. The van der Waals surface area contributed by atoms with Gasteiger partial charge in [-0.2, -0.15) is 0 Å². The Hall–Kier alpha value is -2.36. The molecule has 1 heterocycles. The van der Waals surface area contributed by atoms with Gasteiger partial charge in [-0.1, -0.05) is 24.8 Å². The van der Waals surface area contributed by atoms with Gasteiger partial charge in [-0.25, -0.2) is 9.78 Å². The third-order valence-electron chi connectivity index (χ3n) is 2.55. The maximum Gasteiger partial charge on any atom is 0.337 e. The Kier molecular flexibility index (Phi) is 2.78. The van der Waals surface area contributed by atoms with Crippen LogP contribution in [0.4, 0.5) is 0 Å². The number of aromatic amines is 1. The van der Waals surface area contributed by atoms with E-state index in [2.05, 4.69) is 16.5 Å². The number of nitrogens with zero attached hydrogens (tertiary/aromatic N) is 1. The summed E-state index contributed by atoms with van der Waals surface area (Å²) in [5, 5.41) is 9.06. The standard InChI is InChI=1S/C13H12N2O2/c1-3-8(4-2)12-14-10-7-5-6-9(13(16)17)11(10)15-12/h3-7H,1H2,2H3,(H,14,15)(H,16,17). The van der Waals surface area contributed by atoms with Crippen LogP contribution in [-0.2, 0) is 0 Å². The van der Waals surface area contributed by atoms with E-state index in [1.165, 1.54) is 0 Å². The predicted molar refractivity (Wildman–Crippen MR) is 66.9 cm³/mol. The number of aromatic nitrogens is 2. The van der Waals surface area contributed by atoms with Crippen LogP contribution in [0.3, 0.4) is 0 Å². The van der Waals surface area contributed by atoms with Crippen LogP contribution in [0.5, 0.6) is 0 Å². The molecule has 1 aromatic heterocycles. The summed E-state index contributed by atoms with van der Waals surface area (Å²) in [5.74, 6) is -0.347. The van der Waals surface area contributed by atoms with Gasteiger partial charge in [0.2, 0.25) is 0 Å². The van der Waals surface area contributed by atoms with Gasteiger partial charge in [-0.05, 0) is 19.1 Å². The lowest BCUT2D eigenvalue weighted by atomic mass is 10.2. The highest BCUT2D eigenvalue weighted by molar-refractivity contribution is 6.01. The molecule has 0 aliphatic heterocycles. The van der Waals surface area contributed by atoms with E-state index in [0.29, 0.717) is 16.9 Å². The van der Waals surface area contributed by atoms with Crippen LogP contribution in [0.2, 0.25) is 0 Å². The van der Waals surface area contributed by atoms with Gasteiger partial charge in [0.1, 0.15) is 11.3 Å². The van der Waals surface area contributed by atoms with E-state index >= 15 is 0 Å². The summed E-state index contributed by atoms with van der Waals surface area (Å²) in [6, 6.07) is 5.03. The first kappa shape index (κ1) is 11.1. The average molecular weight is 228 g/mol. The Bertz CT molecular complexity index is 623. The second-order valence-electron chi connectivity index (χ2n) is 3.54. The zero-order valence-electron chi connectivity index (χ0n) is 9.40. The average Bonchev–Trinajstić information content (AvgIpc) is 2.73. The SMILES string of the molecule is C=CC(=CC)c1nc2c(C(=O)O)cccc2[nH]1. The lowest BCUT2D eigenvalue weighted by molar-refractivity contribution is 0.0699. The lowest BCUT2D eigenvalue weighted by Gasteiger charge is -1.93. The van der Waals surface area contributed by atoms with E-state index in [4.69, 9.17) is 5.11 Å². The number of allylic oxidation sites excluding steroid dienone is 3. The van der Waals surface area contributed by atoms with E-state index in [9.17, 15) is 4.79 Å². The van der Waals surface area contributed by atoms with Crippen molar-refractivity contribution in [2.24, 2.45) is 0 Å². The molecule has 2 rings (SSSR count). The molecule has 4 nitrogen and oxygen atoms in total. The molecule has 4 heteroatoms. The number of nitrogens with one attached hydrogen (secondary N) is 1. The summed E-state index contributed by atoms with van der Waals surface area (Å²) in [5.41, 5.74) is 2.22. The predicted octanol–water partition coefficient (Wildman–Crippen LogP) is 2.85. The van der Waals surface area contributed by atoms with E-state index < -0.39 is 5.97 Å². The van der Waals surface area contributed by atoms with Crippen molar-refractivity contribution in [2.45, 2.75) is 6.92 Å². The minimum absolute atomic E-state index is 0.199. The number of hydrogen-bond acceptors (Lipinski definition) is 2. The number of para-hydroxylation sites is 1. The normalized spacial score (nSPS) is 11.7. The molecule has 0 aliphatic carbocycles. The number of H-pyrrole nitrogens is 1. The zero-order chi connectivity index (χ0) is 12.4. The Morgan fingerprint density at radius 2 is 2.29 bits per heavy atom. The third kappa shape index (κ3) is 1.85. The van der Waals surface area contributed by atoms with Crippen LogP contribution in [0.25, 0.3) is 16.6 Å². The Labute approximate surface area is 98.3 Å². The maximum absolute atomic E-state index is 11.0. The molecule has 0 saturated heterocycles. The van der Waals surface area contributed by atoms with Crippen LogP contribution < -0.4 is 0 Å². The summed E-state index contributed by atoms with van der Waals surface area (Å²) in [6.07, 6.45) is 3.54. The monoisotopic (exact) mass is 228 g/mol. The number of hydrogen-bond donors (Lipinski definition) is 2. The quantitative estimate of drug-likeness (QED) is 0.794. The van der Waals surface area contributed by atoms with E-state index in [-0.39, 0.29) is 5.56 Å². The largest absolute Gasteiger partial charge is 0.478 e. The number of carboxylic acids is 1. The van der Waals surface area contributed by atoms with Crippen molar-refractivity contribution in [2.75, 3.05) is 0 Å². The second-order valence-corrected chi connectivity index (χ2v) is 3.54. The van der Waals surface area contributed by atoms with Gasteiger partial charge in [-0.3, -0.25) is 0 Å². The lowest BCUT2D eigenvalue weighted by Crippen LogP contribution is -1.96. The van der Waals surface area contributed by atoms with Crippen molar-refractivity contribution in [3.8, 4) is 0 Å². The van der Waals surface area contributed by atoms with Crippen molar-refractivity contribution < 1.29 is 9.90 Å².